The summed E-state index contributed by atoms with van der Waals surface area (Å²) in [5, 5.41) is 0. The van der Waals surface area contributed by atoms with Crippen molar-refractivity contribution in [2.24, 2.45) is 0 Å². The molecule has 1 atom stereocenters. The average molecular weight is 365 g/mol. The number of benzene rings is 1. The van der Waals surface area contributed by atoms with Gasteiger partial charge in [-0.05, 0) is 38.4 Å². The molecule has 1 aromatic carbocycles. The second kappa shape index (κ2) is 7.43. The number of sulfonamides is 1. The molecule has 0 saturated carbocycles. The smallest absolute Gasteiger partial charge is 0.243 e. The molecule has 2 aliphatic rings. The Balaban J connectivity index is 1.76. The van der Waals surface area contributed by atoms with Gasteiger partial charge in [0.05, 0.1) is 4.90 Å². The van der Waals surface area contributed by atoms with E-state index >= 15 is 0 Å². The normalized spacial score (nSPS) is 23.1. The summed E-state index contributed by atoms with van der Waals surface area (Å²) in [5.41, 5.74) is 1.02. The lowest BCUT2D eigenvalue weighted by Gasteiger charge is -2.36. The zero-order valence-corrected chi connectivity index (χ0v) is 15.8. The van der Waals surface area contributed by atoms with Crippen molar-refractivity contribution < 1.29 is 13.2 Å². The number of hydrogen-bond acceptors (Lipinski definition) is 4. The molecule has 1 amide bonds. The SMILES string of the molecule is CCN1CCN(C(=O)[C@@H]2CCCN2S(=O)(=O)c2ccc(C)cc2)CC1. The van der Waals surface area contributed by atoms with Crippen molar-refractivity contribution in [1.82, 2.24) is 14.1 Å². The van der Waals surface area contributed by atoms with E-state index in [-0.39, 0.29) is 10.8 Å². The van der Waals surface area contributed by atoms with E-state index in [1.165, 1.54) is 4.31 Å². The van der Waals surface area contributed by atoms with Crippen LogP contribution in [0.25, 0.3) is 0 Å². The summed E-state index contributed by atoms with van der Waals surface area (Å²) in [7, 11) is -3.63. The Kier molecular flexibility index (Phi) is 5.46. The van der Waals surface area contributed by atoms with Gasteiger partial charge in [-0.15, -0.1) is 0 Å². The molecule has 2 heterocycles. The van der Waals surface area contributed by atoms with Crippen LogP contribution in [0.5, 0.6) is 0 Å². The number of amides is 1. The molecule has 0 radical (unpaired) electrons. The van der Waals surface area contributed by atoms with Gasteiger partial charge in [0.1, 0.15) is 6.04 Å². The lowest BCUT2D eigenvalue weighted by molar-refractivity contribution is -0.136. The number of carbonyl (C=O) groups excluding carboxylic acids is 1. The van der Waals surface area contributed by atoms with Crippen LogP contribution in [0.15, 0.2) is 29.2 Å². The predicted molar refractivity (Wildman–Crippen MR) is 96.8 cm³/mol. The monoisotopic (exact) mass is 365 g/mol. The fourth-order valence-electron chi connectivity index (χ4n) is 3.62. The van der Waals surface area contributed by atoms with Crippen molar-refractivity contribution in [3.63, 3.8) is 0 Å². The van der Waals surface area contributed by atoms with Crippen molar-refractivity contribution in [1.29, 1.82) is 0 Å². The second-order valence-corrected chi connectivity index (χ2v) is 8.74. The summed E-state index contributed by atoms with van der Waals surface area (Å²) >= 11 is 0. The first-order valence-corrected chi connectivity index (χ1v) is 10.5. The van der Waals surface area contributed by atoms with E-state index in [0.717, 1.165) is 31.6 Å². The zero-order valence-electron chi connectivity index (χ0n) is 15.0. The number of rotatable bonds is 4. The molecule has 25 heavy (non-hydrogen) atoms. The van der Waals surface area contributed by atoms with Crippen molar-refractivity contribution in [2.75, 3.05) is 39.3 Å². The number of piperazine rings is 1. The Morgan fingerprint density at radius 1 is 1.08 bits per heavy atom. The number of hydrogen-bond donors (Lipinski definition) is 0. The lowest BCUT2D eigenvalue weighted by Crippen LogP contribution is -2.54. The summed E-state index contributed by atoms with van der Waals surface area (Å²) < 4.78 is 27.4. The molecule has 138 valence electrons. The van der Waals surface area contributed by atoms with Crippen molar-refractivity contribution >= 4 is 15.9 Å². The topological polar surface area (TPSA) is 60.9 Å². The number of aryl methyl sites for hydroxylation is 1. The highest BCUT2D eigenvalue weighted by Crippen LogP contribution is 2.27. The molecule has 7 heteroatoms. The molecule has 3 rings (SSSR count). The Bertz CT molecular complexity index is 710. The maximum Gasteiger partial charge on any atom is 0.243 e. The summed E-state index contributed by atoms with van der Waals surface area (Å²) in [6, 6.07) is 6.29. The first-order valence-electron chi connectivity index (χ1n) is 9.03. The van der Waals surface area contributed by atoms with Gasteiger partial charge in [-0.2, -0.15) is 4.31 Å². The molecule has 6 nitrogen and oxygen atoms in total. The van der Waals surface area contributed by atoms with Crippen LogP contribution in [0, 0.1) is 6.92 Å². The second-order valence-electron chi connectivity index (χ2n) is 6.85. The van der Waals surface area contributed by atoms with Gasteiger partial charge in [-0.3, -0.25) is 4.79 Å². The highest BCUT2D eigenvalue weighted by atomic mass is 32.2. The molecule has 2 saturated heterocycles. The van der Waals surface area contributed by atoms with Crippen molar-refractivity contribution in [3.8, 4) is 0 Å². The van der Waals surface area contributed by atoms with Gasteiger partial charge in [0.25, 0.3) is 0 Å². The lowest BCUT2D eigenvalue weighted by atomic mass is 10.2. The minimum absolute atomic E-state index is 0.0380. The number of likely N-dealkylation sites (N-methyl/N-ethyl adjacent to an activating group) is 1. The third kappa shape index (κ3) is 3.73. The van der Waals surface area contributed by atoms with Crippen LogP contribution >= 0.6 is 0 Å². The molecule has 0 aliphatic carbocycles. The molecular weight excluding hydrogens is 338 g/mol. The van der Waals surface area contributed by atoms with Crippen molar-refractivity contribution in [2.45, 2.75) is 37.6 Å². The Hall–Kier alpha value is -1.44. The maximum atomic E-state index is 13.0. The molecule has 0 spiro atoms. The highest BCUT2D eigenvalue weighted by Gasteiger charge is 2.41. The molecule has 2 aliphatic heterocycles. The fourth-order valence-corrected chi connectivity index (χ4v) is 5.27. The van der Waals surface area contributed by atoms with Gasteiger partial charge in [0, 0.05) is 32.7 Å². The molecule has 0 unspecified atom stereocenters. The number of carbonyl (C=O) groups is 1. The Labute approximate surface area is 150 Å². The highest BCUT2D eigenvalue weighted by molar-refractivity contribution is 7.89. The van der Waals surface area contributed by atoms with E-state index in [1.54, 1.807) is 24.3 Å². The average Bonchev–Trinajstić information content (AvgIpc) is 3.12. The van der Waals surface area contributed by atoms with E-state index < -0.39 is 16.1 Å². The van der Waals surface area contributed by atoms with Gasteiger partial charge in [0.2, 0.25) is 15.9 Å². The van der Waals surface area contributed by atoms with Crippen LogP contribution in [0.4, 0.5) is 0 Å². The van der Waals surface area contributed by atoms with E-state index in [2.05, 4.69) is 11.8 Å². The van der Waals surface area contributed by atoms with E-state index in [0.29, 0.717) is 26.1 Å². The molecule has 1 aromatic rings. The summed E-state index contributed by atoms with van der Waals surface area (Å²) in [5.74, 6) is -0.0380. The zero-order chi connectivity index (χ0) is 18.0. The van der Waals surface area contributed by atoms with Gasteiger partial charge in [0.15, 0.2) is 0 Å². The minimum Gasteiger partial charge on any atom is -0.339 e. The Morgan fingerprint density at radius 3 is 2.32 bits per heavy atom. The molecule has 0 N–H and O–H groups in total. The van der Waals surface area contributed by atoms with Crippen LogP contribution in [0.3, 0.4) is 0 Å². The quantitative estimate of drug-likeness (QED) is 0.807. The van der Waals surface area contributed by atoms with Gasteiger partial charge >= 0.3 is 0 Å². The first kappa shape index (κ1) is 18.4. The third-order valence-corrected chi connectivity index (χ3v) is 7.17. The summed E-state index contributed by atoms with van der Waals surface area (Å²) in [6.45, 7) is 8.53. The largest absolute Gasteiger partial charge is 0.339 e. The minimum atomic E-state index is -3.63. The maximum absolute atomic E-state index is 13.0. The molecule has 2 fully saturated rings. The van der Waals surface area contributed by atoms with E-state index in [4.69, 9.17) is 0 Å². The number of nitrogens with zero attached hydrogens (tertiary/aromatic N) is 3. The fraction of sp³-hybridized carbons (Fsp3) is 0.611. The molecule has 0 bridgehead atoms. The van der Waals surface area contributed by atoms with E-state index in [1.807, 2.05) is 11.8 Å². The van der Waals surface area contributed by atoms with Crippen LogP contribution in [0.2, 0.25) is 0 Å². The van der Waals surface area contributed by atoms with Crippen LogP contribution in [-0.4, -0.2) is 73.7 Å². The van der Waals surface area contributed by atoms with Crippen molar-refractivity contribution in [3.05, 3.63) is 29.8 Å². The van der Waals surface area contributed by atoms with Gasteiger partial charge < -0.3 is 9.80 Å². The van der Waals surface area contributed by atoms with Crippen LogP contribution in [0.1, 0.15) is 25.3 Å². The summed E-state index contributed by atoms with van der Waals surface area (Å²) in [4.78, 5) is 17.3. The van der Waals surface area contributed by atoms with Gasteiger partial charge in [-0.1, -0.05) is 24.6 Å². The summed E-state index contributed by atoms with van der Waals surface area (Å²) in [6.07, 6.45) is 1.34. The molecular formula is C18H27N3O3S. The predicted octanol–water partition coefficient (Wildman–Crippen LogP) is 1.31. The van der Waals surface area contributed by atoms with Crippen LogP contribution in [-0.2, 0) is 14.8 Å². The van der Waals surface area contributed by atoms with E-state index in [9.17, 15) is 13.2 Å². The van der Waals surface area contributed by atoms with Crippen LogP contribution < -0.4 is 0 Å². The Morgan fingerprint density at radius 2 is 1.72 bits per heavy atom. The third-order valence-electron chi connectivity index (χ3n) is 5.25. The standard InChI is InChI=1S/C18H27N3O3S/c1-3-19-11-13-20(14-12-19)18(22)17-5-4-10-21(17)25(23,24)16-8-6-15(2)7-9-16/h6-9,17H,3-5,10-14H2,1-2H3/t17-/m0/s1. The molecule has 0 aromatic heterocycles. The first-order chi connectivity index (χ1) is 11.9. The van der Waals surface area contributed by atoms with Gasteiger partial charge in [-0.25, -0.2) is 8.42 Å².